The van der Waals surface area contributed by atoms with Gasteiger partial charge >= 0.3 is 0 Å². The average molecular weight is 184 g/mol. The number of hydrogen-bond acceptors (Lipinski definition) is 0. The molecule has 1 aliphatic rings. The lowest BCUT2D eigenvalue weighted by Gasteiger charge is -2.04. The predicted molar refractivity (Wildman–Crippen MR) is 63.2 cm³/mol. The number of allylic oxidation sites excluding steroid dienone is 1. The molecule has 0 saturated heterocycles. The molecule has 1 aliphatic carbocycles. The summed E-state index contributed by atoms with van der Waals surface area (Å²) in [5.74, 6) is 0.831. The zero-order valence-corrected chi connectivity index (χ0v) is 8.66. The van der Waals surface area contributed by atoms with Crippen LogP contribution in [-0.4, -0.2) is 0 Å². The highest BCUT2D eigenvalue weighted by Gasteiger charge is 2.23. The van der Waals surface area contributed by atoms with E-state index in [2.05, 4.69) is 43.9 Å². The monoisotopic (exact) mass is 184 g/mol. The first-order valence-corrected chi connectivity index (χ1v) is 5.24. The van der Waals surface area contributed by atoms with Crippen molar-refractivity contribution in [3.8, 4) is 0 Å². The SMILES string of the molecule is C=Cc1ccc(C2CC2)cc1/C=C\C. The van der Waals surface area contributed by atoms with Crippen LogP contribution < -0.4 is 0 Å². The molecule has 1 aromatic rings. The fourth-order valence-electron chi connectivity index (χ4n) is 1.77. The Morgan fingerprint density at radius 2 is 2.07 bits per heavy atom. The maximum Gasteiger partial charge on any atom is -0.0161 e. The molecular formula is C14H16. The lowest BCUT2D eigenvalue weighted by atomic mass is 10.0. The number of benzene rings is 1. The van der Waals surface area contributed by atoms with E-state index in [9.17, 15) is 0 Å². The van der Waals surface area contributed by atoms with Gasteiger partial charge in [0.15, 0.2) is 0 Å². The first-order valence-electron chi connectivity index (χ1n) is 5.24. The van der Waals surface area contributed by atoms with Crippen molar-refractivity contribution < 1.29 is 0 Å². The van der Waals surface area contributed by atoms with Gasteiger partial charge in [-0.1, -0.05) is 43.0 Å². The molecule has 0 aliphatic heterocycles. The second-order valence-electron chi connectivity index (χ2n) is 3.87. The highest BCUT2D eigenvalue weighted by Crippen LogP contribution is 2.40. The summed E-state index contributed by atoms with van der Waals surface area (Å²) in [4.78, 5) is 0. The van der Waals surface area contributed by atoms with Crippen LogP contribution in [0.1, 0.15) is 42.4 Å². The van der Waals surface area contributed by atoms with Crippen molar-refractivity contribution in [1.29, 1.82) is 0 Å². The van der Waals surface area contributed by atoms with E-state index in [4.69, 9.17) is 0 Å². The highest BCUT2D eigenvalue weighted by molar-refractivity contribution is 5.65. The second-order valence-corrected chi connectivity index (χ2v) is 3.87. The first kappa shape index (κ1) is 9.26. The Labute approximate surface area is 86.0 Å². The molecular weight excluding hydrogens is 168 g/mol. The standard InChI is InChI=1S/C14H16/c1-3-5-13-10-14(12-7-8-12)9-6-11(13)4-2/h3-6,9-10,12H,2,7-8H2,1H3/b5-3-. The molecule has 0 aromatic heterocycles. The van der Waals surface area contributed by atoms with Gasteiger partial charge in [-0.05, 0) is 42.4 Å². The van der Waals surface area contributed by atoms with Crippen molar-refractivity contribution in [2.45, 2.75) is 25.7 Å². The van der Waals surface area contributed by atoms with Gasteiger partial charge in [0.1, 0.15) is 0 Å². The molecule has 1 saturated carbocycles. The molecule has 0 spiro atoms. The molecule has 1 aromatic carbocycles. The maximum atomic E-state index is 3.83. The normalized spacial score (nSPS) is 16.1. The van der Waals surface area contributed by atoms with E-state index in [0.29, 0.717) is 0 Å². The van der Waals surface area contributed by atoms with Crippen LogP contribution in [0, 0.1) is 0 Å². The minimum Gasteiger partial charge on any atom is -0.0984 e. The third-order valence-corrected chi connectivity index (χ3v) is 2.73. The third kappa shape index (κ3) is 1.79. The van der Waals surface area contributed by atoms with E-state index in [1.165, 1.54) is 29.5 Å². The summed E-state index contributed by atoms with van der Waals surface area (Å²) in [6.45, 7) is 5.88. The van der Waals surface area contributed by atoms with E-state index in [1.807, 2.05) is 6.08 Å². The molecule has 0 N–H and O–H groups in total. The van der Waals surface area contributed by atoms with Gasteiger partial charge in [0.05, 0.1) is 0 Å². The van der Waals surface area contributed by atoms with E-state index in [-0.39, 0.29) is 0 Å². The number of rotatable bonds is 3. The summed E-state index contributed by atoms with van der Waals surface area (Å²) in [5, 5.41) is 0. The van der Waals surface area contributed by atoms with Crippen molar-refractivity contribution in [2.24, 2.45) is 0 Å². The second kappa shape index (κ2) is 3.83. The van der Waals surface area contributed by atoms with Crippen LogP contribution in [0.5, 0.6) is 0 Å². The molecule has 1 fully saturated rings. The van der Waals surface area contributed by atoms with Crippen LogP contribution in [0.4, 0.5) is 0 Å². The van der Waals surface area contributed by atoms with Crippen molar-refractivity contribution >= 4 is 12.2 Å². The van der Waals surface area contributed by atoms with E-state index in [1.54, 1.807) is 0 Å². The van der Waals surface area contributed by atoms with E-state index >= 15 is 0 Å². The van der Waals surface area contributed by atoms with Crippen molar-refractivity contribution in [2.75, 3.05) is 0 Å². The molecule has 0 amide bonds. The molecule has 0 nitrogen and oxygen atoms in total. The number of hydrogen-bond donors (Lipinski definition) is 0. The molecule has 72 valence electrons. The quantitative estimate of drug-likeness (QED) is 0.659. The van der Waals surface area contributed by atoms with Crippen molar-refractivity contribution in [3.05, 3.63) is 47.5 Å². The summed E-state index contributed by atoms with van der Waals surface area (Å²) in [5.41, 5.74) is 4.02. The fourth-order valence-corrected chi connectivity index (χ4v) is 1.77. The summed E-state index contributed by atoms with van der Waals surface area (Å²) < 4.78 is 0. The summed E-state index contributed by atoms with van der Waals surface area (Å²) in [6, 6.07) is 6.71. The van der Waals surface area contributed by atoms with E-state index in [0.717, 1.165) is 5.92 Å². The Bertz CT molecular complexity index is 368. The van der Waals surface area contributed by atoms with Gasteiger partial charge in [-0.3, -0.25) is 0 Å². The third-order valence-electron chi connectivity index (χ3n) is 2.73. The predicted octanol–water partition coefficient (Wildman–Crippen LogP) is 4.24. The Kier molecular flexibility index (Phi) is 2.53. The zero-order valence-electron chi connectivity index (χ0n) is 8.66. The van der Waals surface area contributed by atoms with Gasteiger partial charge in [0.25, 0.3) is 0 Å². The first-order chi connectivity index (χ1) is 6.85. The van der Waals surface area contributed by atoms with Gasteiger partial charge in [-0.2, -0.15) is 0 Å². The average Bonchev–Trinajstić information content (AvgIpc) is 3.01. The largest absolute Gasteiger partial charge is 0.0984 e. The minimum absolute atomic E-state index is 0.831. The summed E-state index contributed by atoms with van der Waals surface area (Å²) in [6.07, 6.45) is 8.89. The van der Waals surface area contributed by atoms with Crippen LogP contribution in [0.25, 0.3) is 12.2 Å². The van der Waals surface area contributed by atoms with E-state index < -0.39 is 0 Å². The van der Waals surface area contributed by atoms with Crippen LogP contribution >= 0.6 is 0 Å². The molecule has 0 heteroatoms. The van der Waals surface area contributed by atoms with Gasteiger partial charge in [-0.25, -0.2) is 0 Å². The van der Waals surface area contributed by atoms with Crippen LogP contribution in [0.3, 0.4) is 0 Å². The highest BCUT2D eigenvalue weighted by atomic mass is 14.3. The molecule has 14 heavy (non-hydrogen) atoms. The Morgan fingerprint density at radius 3 is 2.64 bits per heavy atom. The fraction of sp³-hybridized carbons (Fsp3) is 0.286. The Balaban J connectivity index is 2.40. The van der Waals surface area contributed by atoms with Gasteiger partial charge in [0, 0.05) is 0 Å². The zero-order chi connectivity index (χ0) is 9.97. The topological polar surface area (TPSA) is 0 Å². The summed E-state index contributed by atoms with van der Waals surface area (Å²) >= 11 is 0. The lowest BCUT2D eigenvalue weighted by molar-refractivity contribution is 1.13. The lowest BCUT2D eigenvalue weighted by Crippen LogP contribution is -1.85. The smallest absolute Gasteiger partial charge is 0.0161 e. The Hall–Kier alpha value is -1.30. The van der Waals surface area contributed by atoms with Crippen LogP contribution in [-0.2, 0) is 0 Å². The Morgan fingerprint density at radius 1 is 1.29 bits per heavy atom. The molecule has 0 heterocycles. The molecule has 0 atom stereocenters. The molecule has 0 radical (unpaired) electrons. The maximum absolute atomic E-state index is 3.83. The molecule has 0 unspecified atom stereocenters. The minimum atomic E-state index is 0.831. The van der Waals surface area contributed by atoms with Gasteiger partial charge < -0.3 is 0 Å². The van der Waals surface area contributed by atoms with Crippen LogP contribution in [0.2, 0.25) is 0 Å². The van der Waals surface area contributed by atoms with Crippen molar-refractivity contribution in [3.63, 3.8) is 0 Å². The summed E-state index contributed by atoms with van der Waals surface area (Å²) in [7, 11) is 0. The van der Waals surface area contributed by atoms with Gasteiger partial charge in [-0.15, -0.1) is 0 Å². The molecule has 0 bridgehead atoms. The van der Waals surface area contributed by atoms with Gasteiger partial charge in [0.2, 0.25) is 0 Å². The molecule has 2 rings (SSSR count). The van der Waals surface area contributed by atoms with Crippen molar-refractivity contribution in [1.82, 2.24) is 0 Å². The van der Waals surface area contributed by atoms with Crippen LogP contribution in [0.15, 0.2) is 30.9 Å².